The Morgan fingerprint density at radius 3 is 2.46 bits per heavy atom. The van der Waals surface area contributed by atoms with Crippen molar-refractivity contribution in [1.82, 2.24) is 0 Å². The van der Waals surface area contributed by atoms with Crippen LogP contribution >= 0.6 is 11.8 Å². The van der Waals surface area contributed by atoms with Crippen LogP contribution in [0.25, 0.3) is 0 Å². The third-order valence-electron chi connectivity index (χ3n) is 10.9. The predicted molar refractivity (Wildman–Crippen MR) is 116 cm³/mol. The molecule has 2 nitrogen and oxygen atoms in total. The highest BCUT2D eigenvalue weighted by Crippen LogP contribution is 2.68. The van der Waals surface area contributed by atoms with E-state index in [0.29, 0.717) is 10.8 Å². The Morgan fingerprint density at radius 2 is 1.71 bits per heavy atom. The molecular weight excluding hydrogens is 364 g/mol. The van der Waals surface area contributed by atoms with Crippen LogP contribution in [-0.2, 0) is 4.79 Å². The fourth-order valence-electron chi connectivity index (χ4n) is 9.08. The fourth-order valence-corrected chi connectivity index (χ4v) is 10.1. The molecule has 5 rings (SSSR count). The number of aliphatic carboxylic acids is 1. The number of hydrogen-bond acceptors (Lipinski definition) is 2. The molecule has 4 aliphatic carbocycles. The topological polar surface area (TPSA) is 37.3 Å². The smallest absolute Gasteiger partial charge is 0.318 e. The number of carbonyl (C=O) groups is 1. The maximum absolute atomic E-state index is 11.3. The van der Waals surface area contributed by atoms with E-state index in [9.17, 15) is 9.90 Å². The summed E-state index contributed by atoms with van der Waals surface area (Å²) in [4.78, 5) is 11.3. The van der Waals surface area contributed by atoms with Gasteiger partial charge in [0.15, 0.2) is 0 Å². The number of rotatable bonds is 4. The van der Waals surface area contributed by atoms with Gasteiger partial charge in [-0.3, -0.25) is 4.79 Å². The van der Waals surface area contributed by atoms with Crippen LogP contribution in [0.4, 0.5) is 0 Å². The van der Waals surface area contributed by atoms with Crippen molar-refractivity contribution in [2.24, 2.45) is 40.4 Å². The minimum absolute atomic E-state index is 0.0190. The van der Waals surface area contributed by atoms with Crippen LogP contribution in [0.5, 0.6) is 0 Å². The van der Waals surface area contributed by atoms with E-state index in [2.05, 4.69) is 20.8 Å². The van der Waals surface area contributed by atoms with E-state index in [0.717, 1.165) is 36.0 Å². The molecule has 5 fully saturated rings. The van der Waals surface area contributed by atoms with E-state index in [1.54, 1.807) is 11.8 Å². The third-order valence-corrected chi connectivity index (χ3v) is 12.6. The van der Waals surface area contributed by atoms with Crippen LogP contribution in [0.15, 0.2) is 0 Å². The first-order valence-corrected chi connectivity index (χ1v) is 13.1. The Bertz CT molecular complexity index is 648. The molecule has 28 heavy (non-hydrogen) atoms. The van der Waals surface area contributed by atoms with Gasteiger partial charge >= 0.3 is 5.97 Å². The molecule has 0 aromatic rings. The molecule has 0 aromatic heterocycles. The first-order chi connectivity index (χ1) is 13.3. The van der Waals surface area contributed by atoms with Gasteiger partial charge in [0, 0.05) is 4.75 Å². The van der Waals surface area contributed by atoms with Gasteiger partial charge in [0.2, 0.25) is 0 Å². The standard InChI is InChI=1S/C25H40O2S/c1-23-13-5-4-6-16(23)7-9-18-19-10-8-17(24(19,2)14-12-20(18)23)11-15-25(3)21(28-25)22(26)27/h16-21H,4-15H2,1-3H3,(H,26,27). The third kappa shape index (κ3) is 2.84. The largest absolute Gasteiger partial charge is 0.480 e. The molecule has 1 saturated heterocycles. The lowest BCUT2D eigenvalue weighted by atomic mass is 9.45. The molecule has 4 saturated carbocycles. The molecule has 0 aromatic carbocycles. The monoisotopic (exact) mass is 404 g/mol. The molecule has 5 aliphatic rings. The molecule has 0 radical (unpaired) electrons. The van der Waals surface area contributed by atoms with Gasteiger partial charge in [-0.15, -0.1) is 11.8 Å². The van der Waals surface area contributed by atoms with Gasteiger partial charge in [-0.1, -0.05) is 26.7 Å². The van der Waals surface area contributed by atoms with Crippen molar-refractivity contribution in [2.45, 2.75) is 108 Å². The van der Waals surface area contributed by atoms with Crippen molar-refractivity contribution in [3.8, 4) is 0 Å². The molecule has 0 bridgehead atoms. The van der Waals surface area contributed by atoms with Crippen LogP contribution in [-0.4, -0.2) is 21.1 Å². The lowest BCUT2D eigenvalue weighted by Gasteiger charge is -2.60. The van der Waals surface area contributed by atoms with E-state index in [-0.39, 0.29) is 10.00 Å². The van der Waals surface area contributed by atoms with Crippen molar-refractivity contribution in [2.75, 3.05) is 0 Å². The Hall–Kier alpha value is -0.180. The summed E-state index contributed by atoms with van der Waals surface area (Å²) < 4.78 is 0.0190. The quantitative estimate of drug-likeness (QED) is 0.525. The van der Waals surface area contributed by atoms with Crippen molar-refractivity contribution < 1.29 is 9.90 Å². The van der Waals surface area contributed by atoms with Gasteiger partial charge in [0.1, 0.15) is 5.25 Å². The summed E-state index contributed by atoms with van der Waals surface area (Å²) in [5.74, 6) is 4.19. The van der Waals surface area contributed by atoms with Gasteiger partial charge in [0.05, 0.1) is 0 Å². The van der Waals surface area contributed by atoms with Crippen LogP contribution < -0.4 is 0 Å². The van der Waals surface area contributed by atoms with Gasteiger partial charge in [-0.25, -0.2) is 0 Å². The number of fused-ring (bicyclic) bond motifs is 5. The summed E-state index contributed by atoms with van der Waals surface area (Å²) in [5.41, 5.74) is 1.18. The first-order valence-electron chi connectivity index (χ1n) is 12.2. The van der Waals surface area contributed by atoms with Crippen LogP contribution in [0.1, 0.15) is 97.8 Å². The second-order valence-electron chi connectivity index (χ2n) is 11.9. The number of carboxylic acid groups (broad SMARTS) is 1. The molecule has 0 amide bonds. The zero-order valence-electron chi connectivity index (χ0n) is 18.2. The lowest BCUT2D eigenvalue weighted by Crippen LogP contribution is -2.52. The molecule has 9 unspecified atom stereocenters. The molecule has 1 N–H and O–H groups in total. The van der Waals surface area contributed by atoms with E-state index in [4.69, 9.17) is 0 Å². The summed E-state index contributed by atoms with van der Waals surface area (Å²) in [7, 11) is 0. The maximum atomic E-state index is 11.3. The van der Waals surface area contributed by atoms with Crippen molar-refractivity contribution in [1.29, 1.82) is 0 Å². The average Bonchev–Trinajstić information content (AvgIpc) is 3.22. The highest BCUT2D eigenvalue weighted by Gasteiger charge is 2.61. The summed E-state index contributed by atoms with van der Waals surface area (Å²) in [5, 5.41) is 9.20. The number of hydrogen-bond donors (Lipinski definition) is 1. The number of thioether (sulfide) groups is 1. The van der Waals surface area contributed by atoms with E-state index < -0.39 is 5.97 Å². The summed E-state index contributed by atoms with van der Waals surface area (Å²) >= 11 is 1.69. The van der Waals surface area contributed by atoms with E-state index in [1.807, 2.05) is 0 Å². The van der Waals surface area contributed by atoms with Crippen LogP contribution in [0.3, 0.4) is 0 Å². The summed E-state index contributed by atoms with van der Waals surface area (Å²) in [6.45, 7) is 7.51. The van der Waals surface area contributed by atoms with Crippen LogP contribution in [0.2, 0.25) is 0 Å². The maximum Gasteiger partial charge on any atom is 0.318 e. The number of carboxylic acids is 1. The average molecular weight is 405 g/mol. The molecule has 158 valence electrons. The van der Waals surface area contributed by atoms with Crippen LogP contribution in [0, 0.1) is 40.4 Å². The fraction of sp³-hybridized carbons (Fsp3) is 0.960. The first kappa shape index (κ1) is 19.8. The second-order valence-corrected chi connectivity index (χ2v) is 13.5. The Labute approximate surface area is 176 Å². The highest BCUT2D eigenvalue weighted by atomic mass is 32.2. The van der Waals surface area contributed by atoms with Crippen molar-refractivity contribution in [3.05, 3.63) is 0 Å². The molecule has 1 aliphatic heterocycles. The van der Waals surface area contributed by atoms with Gasteiger partial charge in [-0.2, -0.15) is 0 Å². The minimum Gasteiger partial charge on any atom is -0.480 e. The molecule has 1 heterocycles. The minimum atomic E-state index is -0.596. The molecule has 0 spiro atoms. The zero-order chi connectivity index (χ0) is 19.7. The Kier molecular flexibility index (Phi) is 4.70. The Morgan fingerprint density at radius 1 is 0.929 bits per heavy atom. The van der Waals surface area contributed by atoms with Gasteiger partial charge < -0.3 is 5.11 Å². The Balaban J connectivity index is 1.28. The van der Waals surface area contributed by atoms with Gasteiger partial charge in [0.25, 0.3) is 0 Å². The molecular formula is C25H40O2S. The highest BCUT2D eigenvalue weighted by molar-refractivity contribution is 8.09. The normalized spacial score (nSPS) is 55.1. The molecule has 3 heteroatoms. The van der Waals surface area contributed by atoms with Crippen molar-refractivity contribution in [3.63, 3.8) is 0 Å². The van der Waals surface area contributed by atoms with E-state index >= 15 is 0 Å². The second kappa shape index (κ2) is 6.66. The summed E-state index contributed by atoms with van der Waals surface area (Å²) in [6, 6.07) is 0. The lowest BCUT2D eigenvalue weighted by molar-refractivity contribution is -0.136. The zero-order valence-corrected chi connectivity index (χ0v) is 19.0. The van der Waals surface area contributed by atoms with Crippen molar-refractivity contribution >= 4 is 17.7 Å². The molecule has 9 atom stereocenters. The SMILES string of the molecule is CC1(CCC2CCC3C4CCC5CCCCC5(C)C4CCC23C)SC1C(=O)O. The predicted octanol–water partition coefficient (Wildman–Crippen LogP) is 6.77. The van der Waals surface area contributed by atoms with E-state index in [1.165, 1.54) is 70.6 Å². The van der Waals surface area contributed by atoms with Gasteiger partial charge in [-0.05, 0) is 112 Å². The summed E-state index contributed by atoms with van der Waals surface area (Å²) in [6.07, 6.45) is 17.1.